The van der Waals surface area contributed by atoms with Crippen LogP contribution in [-0.4, -0.2) is 20.1 Å². The highest BCUT2D eigenvalue weighted by Gasteiger charge is 2.20. The molecular weight excluding hydrogens is 383 g/mol. The van der Waals surface area contributed by atoms with Gasteiger partial charge in [-0.3, -0.25) is 4.79 Å². The third kappa shape index (κ3) is 4.61. The summed E-state index contributed by atoms with van der Waals surface area (Å²) in [5.74, 6) is -1.07. The normalized spacial score (nSPS) is 11.3. The molecular formula is C15H11Cl3O4S. The predicted octanol–water partition coefficient (Wildman–Crippen LogP) is 4.42. The Morgan fingerprint density at radius 1 is 0.957 bits per heavy atom. The van der Waals surface area contributed by atoms with E-state index in [9.17, 15) is 13.2 Å². The lowest BCUT2D eigenvalue weighted by molar-refractivity contribution is -0.133. The second-order valence-electron chi connectivity index (χ2n) is 4.53. The molecule has 2 aromatic carbocycles. The monoisotopic (exact) mass is 392 g/mol. The Labute approximate surface area is 148 Å². The summed E-state index contributed by atoms with van der Waals surface area (Å²) in [7, 11) is -3.69. The molecule has 0 N–H and O–H groups in total. The quantitative estimate of drug-likeness (QED) is 0.557. The molecule has 122 valence electrons. The van der Waals surface area contributed by atoms with Gasteiger partial charge in [0, 0.05) is 0 Å². The van der Waals surface area contributed by atoms with Crippen LogP contribution in [0.5, 0.6) is 5.75 Å². The summed E-state index contributed by atoms with van der Waals surface area (Å²) >= 11 is 17.6. The van der Waals surface area contributed by atoms with Crippen LogP contribution < -0.4 is 4.74 Å². The van der Waals surface area contributed by atoms with Crippen LogP contribution in [0.15, 0.2) is 47.4 Å². The van der Waals surface area contributed by atoms with E-state index in [-0.39, 0.29) is 32.1 Å². The molecule has 0 aromatic heterocycles. The van der Waals surface area contributed by atoms with Crippen molar-refractivity contribution < 1.29 is 17.9 Å². The van der Waals surface area contributed by atoms with Crippen LogP contribution in [-0.2, 0) is 14.6 Å². The zero-order chi connectivity index (χ0) is 17.0. The maximum atomic E-state index is 12.2. The molecule has 0 radical (unpaired) electrons. The minimum Gasteiger partial charge on any atom is -0.425 e. The fraction of sp³-hybridized carbons (Fsp3) is 0.133. The summed E-state index contributed by atoms with van der Waals surface area (Å²) in [6.45, 7) is 0. The highest BCUT2D eigenvalue weighted by Crippen LogP contribution is 2.31. The third-order valence-electron chi connectivity index (χ3n) is 2.89. The highest BCUT2D eigenvalue weighted by atomic mass is 35.5. The molecule has 0 aliphatic heterocycles. The molecule has 2 aromatic rings. The summed E-state index contributed by atoms with van der Waals surface area (Å²) in [6.07, 6.45) is -0.337. The first-order chi connectivity index (χ1) is 10.8. The number of benzene rings is 2. The standard InChI is InChI=1S/C15H11Cl3O4S/c16-10-4-1-2-7-13(10)23(20,21)9-8-14(19)22-12-6-3-5-11(17)15(12)18/h1-7H,8-9H2. The molecule has 2 rings (SSSR count). The van der Waals surface area contributed by atoms with Crippen molar-refractivity contribution in [3.8, 4) is 5.75 Å². The molecule has 0 saturated carbocycles. The molecule has 4 nitrogen and oxygen atoms in total. The average Bonchev–Trinajstić information content (AvgIpc) is 2.50. The van der Waals surface area contributed by atoms with Crippen LogP contribution in [0, 0.1) is 0 Å². The lowest BCUT2D eigenvalue weighted by atomic mass is 10.3. The topological polar surface area (TPSA) is 60.4 Å². The number of hydrogen-bond donors (Lipinski definition) is 0. The Morgan fingerprint density at radius 2 is 1.61 bits per heavy atom. The molecule has 23 heavy (non-hydrogen) atoms. The van der Waals surface area contributed by atoms with E-state index >= 15 is 0 Å². The van der Waals surface area contributed by atoms with Gasteiger partial charge < -0.3 is 4.74 Å². The van der Waals surface area contributed by atoms with Crippen molar-refractivity contribution in [3.05, 3.63) is 57.5 Å². The van der Waals surface area contributed by atoms with E-state index in [1.165, 1.54) is 18.2 Å². The summed E-state index contributed by atoms with van der Waals surface area (Å²) in [4.78, 5) is 11.8. The number of hydrogen-bond acceptors (Lipinski definition) is 4. The smallest absolute Gasteiger partial charge is 0.312 e. The molecule has 0 amide bonds. The summed E-state index contributed by atoms with van der Waals surface area (Å²) < 4.78 is 29.4. The van der Waals surface area contributed by atoms with E-state index in [1.807, 2.05) is 0 Å². The predicted molar refractivity (Wildman–Crippen MR) is 90.2 cm³/mol. The molecule has 0 fully saturated rings. The van der Waals surface area contributed by atoms with Crippen molar-refractivity contribution in [3.63, 3.8) is 0 Å². The maximum Gasteiger partial charge on any atom is 0.312 e. The summed E-state index contributed by atoms with van der Waals surface area (Å²) in [5.41, 5.74) is 0. The Hall–Kier alpha value is -1.27. The lowest BCUT2D eigenvalue weighted by Crippen LogP contribution is -2.16. The zero-order valence-electron chi connectivity index (χ0n) is 11.6. The van der Waals surface area contributed by atoms with E-state index < -0.39 is 21.6 Å². The van der Waals surface area contributed by atoms with Crippen LogP contribution in [0.25, 0.3) is 0 Å². The molecule has 0 unspecified atom stereocenters. The molecule has 0 bridgehead atoms. The molecule has 0 aliphatic rings. The Balaban J connectivity index is 2.04. The van der Waals surface area contributed by atoms with E-state index in [2.05, 4.69) is 0 Å². The SMILES string of the molecule is O=C(CCS(=O)(=O)c1ccccc1Cl)Oc1cccc(Cl)c1Cl. The van der Waals surface area contributed by atoms with Crippen molar-refractivity contribution in [2.75, 3.05) is 5.75 Å². The van der Waals surface area contributed by atoms with Crippen molar-refractivity contribution in [2.24, 2.45) is 0 Å². The fourth-order valence-electron chi connectivity index (χ4n) is 1.76. The van der Waals surface area contributed by atoms with E-state index in [4.69, 9.17) is 39.5 Å². The van der Waals surface area contributed by atoms with Gasteiger partial charge in [0.2, 0.25) is 0 Å². The van der Waals surface area contributed by atoms with E-state index in [0.29, 0.717) is 0 Å². The lowest BCUT2D eigenvalue weighted by Gasteiger charge is -2.08. The number of ether oxygens (including phenoxy) is 1. The molecule has 0 atom stereocenters. The second kappa shape index (κ2) is 7.53. The maximum absolute atomic E-state index is 12.2. The minimum absolute atomic E-state index is 0.0183. The third-order valence-corrected chi connectivity index (χ3v) is 5.90. The largest absolute Gasteiger partial charge is 0.425 e. The summed E-state index contributed by atoms with van der Waals surface area (Å²) in [5, 5.41) is 0.441. The van der Waals surface area contributed by atoms with Gasteiger partial charge in [-0.15, -0.1) is 0 Å². The molecule has 8 heteroatoms. The fourth-order valence-corrected chi connectivity index (χ4v) is 3.89. The van der Waals surface area contributed by atoms with Crippen LogP contribution >= 0.6 is 34.8 Å². The minimum atomic E-state index is -3.69. The Bertz CT molecular complexity index is 834. The molecule has 0 heterocycles. The van der Waals surface area contributed by atoms with Gasteiger partial charge in [0.15, 0.2) is 15.6 Å². The van der Waals surface area contributed by atoms with Crippen molar-refractivity contribution in [1.29, 1.82) is 0 Å². The molecule has 0 spiro atoms. The first kappa shape index (κ1) is 18.1. The van der Waals surface area contributed by atoms with Crippen LogP contribution in [0.2, 0.25) is 15.1 Å². The van der Waals surface area contributed by atoms with Gasteiger partial charge in [-0.1, -0.05) is 53.0 Å². The average molecular weight is 394 g/mol. The number of sulfone groups is 1. The van der Waals surface area contributed by atoms with E-state index in [0.717, 1.165) is 0 Å². The number of carbonyl (C=O) groups excluding carboxylic acids is 1. The van der Waals surface area contributed by atoms with Gasteiger partial charge in [0.1, 0.15) is 5.02 Å². The second-order valence-corrected chi connectivity index (χ2v) is 7.80. The van der Waals surface area contributed by atoms with Gasteiger partial charge in [0.05, 0.1) is 27.1 Å². The van der Waals surface area contributed by atoms with Gasteiger partial charge in [-0.25, -0.2) is 8.42 Å². The van der Waals surface area contributed by atoms with Crippen molar-refractivity contribution >= 4 is 50.6 Å². The van der Waals surface area contributed by atoms with Crippen LogP contribution in [0.3, 0.4) is 0 Å². The van der Waals surface area contributed by atoms with Crippen LogP contribution in [0.1, 0.15) is 6.42 Å². The number of esters is 1. The number of rotatable bonds is 5. The van der Waals surface area contributed by atoms with Gasteiger partial charge in [0.25, 0.3) is 0 Å². The van der Waals surface area contributed by atoms with Gasteiger partial charge in [-0.2, -0.15) is 0 Å². The first-order valence-electron chi connectivity index (χ1n) is 6.43. The van der Waals surface area contributed by atoms with Crippen molar-refractivity contribution in [2.45, 2.75) is 11.3 Å². The molecule has 0 aliphatic carbocycles. The van der Waals surface area contributed by atoms with Crippen LogP contribution in [0.4, 0.5) is 0 Å². The molecule has 0 saturated heterocycles. The van der Waals surface area contributed by atoms with Gasteiger partial charge in [-0.05, 0) is 24.3 Å². The zero-order valence-corrected chi connectivity index (χ0v) is 14.7. The first-order valence-corrected chi connectivity index (χ1v) is 9.22. The number of carbonyl (C=O) groups is 1. The Morgan fingerprint density at radius 3 is 2.30 bits per heavy atom. The van der Waals surface area contributed by atoms with Crippen molar-refractivity contribution in [1.82, 2.24) is 0 Å². The van der Waals surface area contributed by atoms with Gasteiger partial charge >= 0.3 is 5.97 Å². The number of halogens is 3. The highest BCUT2D eigenvalue weighted by molar-refractivity contribution is 7.91. The summed E-state index contributed by atoms with van der Waals surface area (Å²) in [6, 6.07) is 10.6. The van der Waals surface area contributed by atoms with E-state index in [1.54, 1.807) is 24.3 Å². The Kier molecular flexibility index (Phi) is 5.92.